The number of carbonyl (C=O) groups excluding carboxylic acids is 1. The molecule has 0 fully saturated rings. The second kappa shape index (κ2) is 6.41. The lowest BCUT2D eigenvalue weighted by atomic mass is 10.2. The first-order valence-electron chi connectivity index (χ1n) is 6.96. The maximum Gasteiger partial charge on any atom is 0.245 e. The van der Waals surface area contributed by atoms with Crippen molar-refractivity contribution in [3.8, 4) is 0 Å². The fraction of sp³-hybridized carbons (Fsp3) is 0.333. The first-order chi connectivity index (χ1) is 10.4. The smallest absolute Gasteiger partial charge is 0.245 e. The van der Waals surface area contributed by atoms with Gasteiger partial charge in [0.05, 0.1) is 12.1 Å². The van der Waals surface area contributed by atoms with Gasteiger partial charge in [0.2, 0.25) is 15.9 Å². The van der Waals surface area contributed by atoms with Crippen molar-refractivity contribution in [3.05, 3.63) is 36.0 Å². The molecule has 0 radical (unpaired) electrons. The van der Waals surface area contributed by atoms with Crippen molar-refractivity contribution in [2.24, 2.45) is 0 Å². The summed E-state index contributed by atoms with van der Waals surface area (Å²) in [4.78, 5) is 15.9. The van der Waals surface area contributed by atoms with Gasteiger partial charge in [0.1, 0.15) is 4.90 Å². The van der Waals surface area contributed by atoms with Crippen molar-refractivity contribution in [3.63, 3.8) is 0 Å². The van der Waals surface area contributed by atoms with Crippen molar-refractivity contribution >= 4 is 26.8 Å². The van der Waals surface area contributed by atoms with E-state index in [9.17, 15) is 13.2 Å². The van der Waals surface area contributed by atoms with Crippen LogP contribution < -0.4 is 5.32 Å². The Bertz CT molecular complexity index is 803. The first kappa shape index (κ1) is 16.4. The molecule has 0 aliphatic rings. The van der Waals surface area contributed by atoms with Crippen LogP contribution in [0.4, 0.5) is 0 Å². The highest BCUT2D eigenvalue weighted by atomic mass is 32.2. The Labute approximate surface area is 130 Å². The number of carbonyl (C=O) groups is 1. The van der Waals surface area contributed by atoms with Crippen molar-refractivity contribution in [1.82, 2.24) is 14.6 Å². The predicted molar refractivity (Wildman–Crippen MR) is 85.0 cm³/mol. The normalized spacial score (nSPS) is 11.8. The number of fused-ring (bicyclic) bond motifs is 1. The zero-order valence-corrected chi connectivity index (χ0v) is 13.6. The molecule has 2 aromatic rings. The van der Waals surface area contributed by atoms with Gasteiger partial charge in [-0.2, -0.15) is 4.31 Å². The third-order valence-corrected chi connectivity index (χ3v) is 5.33. The SMILES string of the molecule is CCN(CC(=O)NC)S(=O)(=O)c1cccc2cc(C)cnc12. The minimum atomic E-state index is -3.79. The lowest BCUT2D eigenvalue weighted by Crippen LogP contribution is -2.39. The summed E-state index contributed by atoms with van der Waals surface area (Å²) in [5.74, 6) is -0.352. The molecule has 1 aromatic carbocycles. The number of amides is 1. The molecule has 0 aliphatic carbocycles. The van der Waals surface area contributed by atoms with Crippen LogP contribution in [0.3, 0.4) is 0 Å². The summed E-state index contributed by atoms with van der Waals surface area (Å²) in [7, 11) is -2.31. The first-order valence-corrected chi connectivity index (χ1v) is 8.40. The molecule has 118 valence electrons. The van der Waals surface area contributed by atoms with Crippen LogP contribution in [0.2, 0.25) is 0 Å². The van der Waals surface area contributed by atoms with E-state index in [1.807, 2.05) is 19.1 Å². The Morgan fingerprint density at radius 1 is 1.36 bits per heavy atom. The molecule has 0 unspecified atom stereocenters. The van der Waals surface area contributed by atoms with Crippen LogP contribution in [0.5, 0.6) is 0 Å². The molecular weight excluding hydrogens is 302 g/mol. The number of nitrogens with zero attached hydrogens (tertiary/aromatic N) is 2. The van der Waals surface area contributed by atoms with Crippen molar-refractivity contribution in [2.75, 3.05) is 20.1 Å². The minimum Gasteiger partial charge on any atom is -0.358 e. The van der Waals surface area contributed by atoms with Gasteiger partial charge in [-0.05, 0) is 24.6 Å². The fourth-order valence-electron chi connectivity index (χ4n) is 2.20. The summed E-state index contributed by atoms with van der Waals surface area (Å²) in [6.45, 7) is 3.59. The summed E-state index contributed by atoms with van der Waals surface area (Å²) in [6.07, 6.45) is 1.64. The Kier molecular flexibility index (Phi) is 4.77. The van der Waals surface area contributed by atoms with Gasteiger partial charge < -0.3 is 5.32 Å². The van der Waals surface area contributed by atoms with E-state index in [1.54, 1.807) is 19.2 Å². The van der Waals surface area contributed by atoms with E-state index in [0.717, 1.165) is 15.3 Å². The minimum absolute atomic E-state index is 0.121. The average molecular weight is 321 g/mol. The van der Waals surface area contributed by atoms with E-state index < -0.39 is 10.0 Å². The molecule has 1 N–H and O–H groups in total. The molecule has 1 amide bonds. The summed E-state index contributed by atoms with van der Waals surface area (Å²) in [6, 6.07) is 6.91. The third-order valence-electron chi connectivity index (χ3n) is 3.38. The van der Waals surface area contributed by atoms with Crippen molar-refractivity contribution in [2.45, 2.75) is 18.7 Å². The number of aromatic nitrogens is 1. The lowest BCUT2D eigenvalue weighted by Gasteiger charge is -2.20. The second-order valence-corrected chi connectivity index (χ2v) is 6.85. The summed E-state index contributed by atoms with van der Waals surface area (Å²) in [5.41, 5.74) is 1.38. The van der Waals surface area contributed by atoms with Crippen molar-refractivity contribution < 1.29 is 13.2 Å². The molecule has 22 heavy (non-hydrogen) atoms. The van der Waals surface area contributed by atoms with E-state index in [0.29, 0.717) is 5.52 Å². The highest BCUT2D eigenvalue weighted by Crippen LogP contribution is 2.24. The van der Waals surface area contributed by atoms with Gasteiger partial charge in [0.15, 0.2) is 0 Å². The van der Waals surface area contributed by atoms with Gasteiger partial charge in [0, 0.05) is 25.2 Å². The average Bonchev–Trinajstić information content (AvgIpc) is 2.51. The van der Waals surface area contributed by atoms with Gasteiger partial charge >= 0.3 is 0 Å². The molecule has 6 nitrogen and oxygen atoms in total. The molecule has 1 aromatic heterocycles. The number of para-hydroxylation sites is 1. The fourth-order valence-corrected chi connectivity index (χ4v) is 3.77. The van der Waals surface area contributed by atoms with E-state index in [2.05, 4.69) is 10.3 Å². The molecule has 0 spiro atoms. The van der Waals surface area contributed by atoms with Gasteiger partial charge in [-0.25, -0.2) is 8.42 Å². The summed E-state index contributed by atoms with van der Waals surface area (Å²) < 4.78 is 26.8. The van der Waals surface area contributed by atoms with Crippen LogP contribution in [-0.2, 0) is 14.8 Å². The Hall–Kier alpha value is -1.99. The number of aryl methyl sites for hydroxylation is 1. The maximum atomic E-state index is 12.8. The molecule has 0 saturated carbocycles. The maximum absolute atomic E-state index is 12.8. The second-order valence-electron chi connectivity index (χ2n) is 4.94. The Balaban J connectivity index is 2.55. The molecule has 0 aliphatic heterocycles. The lowest BCUT2D eigenvalue weighted by molar-refractivity contribution is -0.120. The molecule has 0 saturated heterocycles. The number of rotatable bonds is 5. The van der Waals surface area contributed by atoms with Gasteiger partial charge in [-0.3, -0.25) is 9.78 Å². The van der Waals surface area contributed by atoms with E-state index in [-0.39, 0.29) is 23.9 Å². The van der Waals surface area contributed by atoms with E-state index in [4.69, 9.17) is 0 Å². The van der Waals surface area contributed by atoms with Gasteiger partial charge in [-0.1, -0.05) is 19.1 Å². The molecule has 0 atom stereocenters. The van der Waals surface area contributed by atoms with Crippen LogP contribution in [-0.4, -0.2) is 43.8 Å². The number of benzene rings is 1. The zero-order valence-electron chi connectivity index (χ0n) is 12.8. The molecule has 1 heterocycles. The number of hydrogen-bond donors (Lipinski definition) is 1. The molecule has 2 rings (SSSR count). The number of nitrogens with one attached hydrogen (secondary N) is 1. The summed E-state index contributed by atoms with van der Waals surface area (Å²) >= 11 is 0. The Morgan fingerprint density at radius 3 is 2.73 bits per heavy atom. The number of likely N-dealkylation sites (N-methyl/N-ethyl adjacent to an activating group) is 2. The van der Waals surface area contributed by atoms with E-state index in [1.165, 1.54) is 13.1 Å². The molecular formula is C15H19N3O3S. The number of sulfonamides is 1. The number of hydrogen-bond acceptors (Lipinski definition) is 4. The zero-order chi connectivity index (χ0) is 16.3. The standard InChI is InChI=1S/C15H19N3O3S/c1-4-18(10-14(19)16-3)22(20,21)13-7-5-6-12-8-11(2)9-17-15(12)13/h5-9H,4,10H2,1-3H3,(H,16,19). The monoisotopic (exact) mass is 321 g/mol. The van der Waals surface area contributed by atoms with E-state index >= 15 is 0 Å². The molecule has 7 heteroatoms. The molecule has 0 bridgehead atoms. The third kappa shape index (κ3) is 3.10. The van der Waals surface area contributed by atoms with Crippen LogP contribution in [0, 0.1) is 6.92 Å². The van der Waals surface area contributed by atoms with Crippen molar-refractivity contribution in [1.29, 1.82) is 0 Å². The topological polar surface area (TPSA) is 79.4 Å². The Morgan fingerprint density at radius 2 is 2.09 bits per heavy atom. The quantitative estimate of drug-likeness (QED) is 0.900. The summed E-state index contributed by atoms with van der Waals surface area (Å²) in [5, 5.41) is 3.20. The van der Waals surface area contributed by atoms with Crippen LogP contribution in [0.25, 0.3) is 10.9 Å². The van der Waals surface area contributed by atoms with Gasteiger partial charge in [-0.15, -0.1) is 0 Å². The van der Waals surface area contributed by atoms with Crippen LogP contribution in [0.15, 0.2) is 35.4 Å². The predicted octanol–water partition coefficient (Wildman–Crippen LogP) is 1.30. The number of pyridine rings is 1. The van der Waals surface area contributed by atoms with Crippen LogP contribution >= 0.6 is 0 Å². The highest BCUT2D eigenvalue weighted by molar-refractivity contribution is 7.89. The van der Waals surface area contributed by atoms with Gasteiger partial charge in [0.25, 0.3) is 0 Å². The van der Waals surface area contributed by atoms with Crippen LogP contribution in [0.1, 0.15) is 12.5 Å². The largest absolute Gasteiger partial charge is 0.358 e. The highest BCUT2D eigenvalue weighted by Gasteiger charge is 2.27.